The number of nitrogens with zero attached hydrogens (tertiary/aromatic N) is 1. The van der Waals surface area contributed by atoms with E-state index >= 15 is 0 Å². The third kappa shape index (κ3) is 3.34. The number of hydrogen-bond acceptors (Lipinski definition) is 5. The molecule has 0 fully saturated rings. The molecule has 0 aliphatic heterocycles. The van der Waals surface area contributed by atoms with Crippen molar-refractivity contribution in [2.75, 3.05) is 0 Å². The van der Waals surface area contributed by atoms with E-state index in [1.807, 2.05) is 0 Å². The van der Waals surface area contributed by atoms with Crippen LogP contribution in [0.4, 0.5) is 0 Å². The van der Waals surface area contributed by atoms with Crippen molar-refractivity contribution in [2.45, 2.75) is 11.8 Å². The van der Waals surface area contributed by atoms with E-state index in [1.54, 1.807) is 18.2 Å². The molecule has 0 atom stereocenters. The molecule has 2 aromatic carbocycles. The van der Waals surface area contributed by atoms with Crippen LogP contribution in [0.1, 0.15) is 22.8 Å². The minimum absolute atomic E-state index is 0.0331. The lowest BCUT2D eigenvalue weighted by Gasteiger charge is -2.07. The van der Waals surface area contributed by atoms with Crippen LogP contribution in [0.2, 0.25) is 0 Å². The Morgan fingerprint density at radius 2 is 1.70 bits per heavy atom. The van der Waals surface area contributed by atoms with Gasteiger partial charge in [0.1, 0.15) is 5.76 Å². The van der Waals surface area contributed by atoms with Gasteiger partial charge in [-0.25, -0.2) is 17.2 Å². The Morgan fingerprint density at radius 3 is 2.30 bits per heavy atom. The highest BCUT2D eigenvalue weighted by Gasteiger charge is 2.23. The number of hydrogen-bond donors (Lipinski definition) is 2. The van der Waals surface area contributed by atoms with Crippen molar-refractivity contribution in [1.29, 1.82) is 0 Å². The maximum atomic E-state index is 13.0. The number of allylic oxidation sites excluding steroid dienone is 1. The molecule has 3 rings (SSSR count). The van der Waals surface area contributed by atoms with Crippen LogP contribution in [-0.4, -0.2) is 34.4 Å². The Morgan fingerprint density at radius 1 is 1.04 bits per heavy atom. The van der Waals surface area contributed by atoms with Gasteiger partial charge in [0.05, 0.1) is 16.0 Å². The molecule has 0 aliphatic carbocycles. The van der Waals surface area contributed by atoms with E-state index in [-0.39, 0.29) is 26.9 Å². The monoisotopic (exact) mass is 385 g/mol. The molecule has 8 heteroatoms. The summed E-state index contributed by atoms with van der Waals surface area (Å²) in [5.41, 5.74) is 0.152. The summed E-state index contributed by atoms with van der Waals surface area (Å²) in [6, 6.07) is 11.6. The summed E-state index contributed by atoms with van der Waals surface area (Å²) >= 11 is 0. The number of aliphatic hydroxyl groups excluding tert-OH is 1. The van der Waals surface area contributed by atoms with Gasteiger partial charge in [0.2, 0.25) is 0 Å². The van der Waals surface area contributed by atoms with Crippen LogP contribution < -0.4 is 0 Å². The largest absolute Gasteiger partial charge is 0.507 e. The number of carbonyl (C=O) groups excluding carboxylic acids is 1. The number of rotatable bonds is 5. The molecule has 0 radical (unpaired) electrons. The number of carboxylic acid groups (broad SMARTS) is 1. The zero-order valence-corrected chi connectivity index (χ0v) is 15.0. The van der Waals surface area contributed by atoms with Crippen LogP contribution in [0.25, 0.3) is 16.7 Å². The Balaban J connectivity index is 2.35. The average Bonchev–Trinajstić information content (AvgIpc) is 3.01. The first-order valence-electron chi connectivity index (χ1n) is 7.82. The smallest absolute Gasteiger partial charge is 0.335 e. The van der Waals surface area contributed by atoms with Crippen LogP contribution >= 0.6 is 0 Å². The van der Waals surface area contributed by atoms with E-state index in [0.717, 1.165) is 10.0 Å². The zero-order valence-electron chi connectivity index (χ0n) is 14.2. The molecule has 138 valence electrons. The van der Waals surface area contributed by atoms with E-state index in [1.165, 1.54) is 43.5 Å². The maximum absolute atomic E-state index is 13.0. The second-order valence-electron chi connectivity index (χ2n) is 5.83. The first-order valence-corrected chi connectivity index (χ1v) is 9.26. The van der Waals surface area contributed by atoms with Gasteiger partial charge in [-0.15, -0.1) is 0 Å². The molecule has 3 aromatic rings. The van der Waals surface area contributed by atoms with Gasteiger partial charge in [-0.05, 0) is 37.3 Å². The van der Waals surface area contributed by atoms with Gasteiger partial charge in [-0.1, -0.05) is 18.2 Å². The van der Waals surface area contributed by atoms with Crippen LogP contribution in [0, 0.1) is 0 Å². The molecule has 0 unspecified atom stereocenters. The fraction of sp³-hybridized carbons (Fsp3) is 0.0526. The third-order valence-electron chi connectivity index (χ3n) is 3.93. The van der Waals surface area contributed by atoms with E-state index in [2.05, 4.69) is 0 Å². The van der Waals surface area contributed by atoms with Gasteiger partial charge in [0.25, 0.3) is 10.0 Å². The zero-order chi connectivity index (χ0) is 19.8. The van der Waals surface area contributed by atoms with Crippen molar-refractivity contribution in [2.24, 2.45) is 0 Å². The lowest BCUT2D eigenvalue weighted by atomic mass is 10.1. The van der Waals surface area contributed by atoms with E-state index in [0.29, 0.717) is 0 Å². The van der Waals surface area contributed by atoms with Crippen LogP contribution in [0.3, 0.4) is 0 Å². The van der Waals surface area contributed by atoms with Gasteiger partial charge >= 0.3 is 5.97 Å². The molecule has 1 heterocycles. The van der Waals surface area contributed by atoms with Gasteiger partial charge in [0, 0.05) is 23.2 Å². The number of aliphatic hydroxyl groups is 1. The molecule has 0 saturated heterocycles. The van der Waals surface area contributed by atoms with Crippen molar-refractivity contribution >= 4 is 38.4 Å². The van der Waals surface area contributed by atoms with Gasteiger partial charge in [0.15, 0.2) is 5.78 Å². The summed E-state index contributed by atoms with van der Waals surface area (Å²) in [7, 11) is -3.99. The molecule has 0 aliphatic rings. The standard InChI is InChI=1S/C19H15NO6S/c1-12(21)9-18(22)16-11-20(27(25,26)14-5-3-2-4-6-14)17-8-7-13(19(23)24)10-15(16)17/h2-11,22H,1H3,(H,23,24). The SMILES string of the molecule is CC(=O)C=C(O)c1cn(S(=O)(=O)c2ccccc2)c2ccc(C(=O)O)cc12. The summed E-state index contributed by atoms with van der Waals surface area (Å²) in [6.07, 6.45) is 2.12. The number of carboxylic acids is 1. The molecule has 0 bridgehead atoms. The number of benzene rings is 2. The molecular weight excluding hydrogens is 370 g/mol. The molecule has 2 N–H and O–H groups in total. The summed E-state index contributed by atoms with van der Waals surface area (Å²) in [5, 5.41) is 19.7. The van der Waals surface area contributed by atoms with Crippen molar-refractivity contribution < 1.29 is 28.2 Å². The van der Waals surface area contributed by atoms with Crippen molar-refractivity contribution in [1.82, 2.24) is 3.97 Å². The number of fused-ring (bicyclic) bond motifs is 1. The Bertz CT molecular complexity index is 1190. The highest BCUT2D eigenvalue weighted by molar-refractivity contribution is 7.90. The number of ketones is 1. The minimum Gasteiger partial charge on any atom is -0.507 e. The van der Waals surface area contributed by atoms with Crippen molar-refractivity contribution in [3.63, 3.8) is 0 Å². The normalized spacial score (nSPS) is 12.3. The Kier molecular flexibility index (Phi) is 4.59. The molecule has 7 nitrogen and oxygen atoms in total. The predicted octanol–water partition coefficient (Wildman–Crippen LogP) is 3.06. The van der Waals surface area contributed by atoms with Gasteiger partial charge < -0.3 is 10.2 Å². The topological polar surface area (TPSA) is 114 Å². The summed E-state index contributed by atoms with van der Waals surface area (Å²) < 4.78 is 27.0. The molecular formula is C19H15NO6S. The number of aromatic carboxylic acids is 1. The number of carbonyl (C=O) groups is 2. The molecule has 0 amide bonds. The van der Waals surface area contributed by atoms with Crippen molar-refractivity contribution in [3.8, 4) is 0 Å². The molecule has 0 saturated carbocycles. The predicted molar refractivity (Wildman–Crippen MR) is 99.2 cm³/mol. The Labute approximate surface area is 154 Å². The van der Waals surface area contributed by atoms with Crippen LogP contribution in [0.5, 0.6) is 0 Å². The lowest BCUT2D eigenvalue weighted by molar-refractivity contribution is -0.112. The molecule has 0 spiro atoms. The van der Waals surface area contributed by atoms with E-state index < -0.39 is 27.5 Å². The first-order chi connectivity index (χ1) is 12.7. The fourth-order valence-electron chi connectivity index (χ4n) is 2.71. The second kappa shape index (κ2) is 6.73. The van der Waals surface area contributed by atoms with Crippen molar-refractivity contribution in [3.05, 3.63) is 71.9 Å². The molecule has 27 heavy (non-hydrogen) atoms. The summed E-state index contributed by atoms with van der Waals surface area (Å²) in [5.74, 6) is -2.08. The van der Waals surface area contributed by atoms with Crippen LogP contribution in [-0.2, 0) is 14.8 Å². The maximum Gasteiger partial charge on any atom is 0.335 e. The highest BCUT2D eigenvalue weighted by Crippen LogP contribution is 2.30. The number of aromatic nitrogens is 1. The minimum atomic E-state index is -3.99. The third-order valence-corrected chi connectivity index (χ3v) is 5.62. The highest BCUT2D eigenvalue weighted by atomic mass is 32.2. The quantitative estimate of drug-likeness (QED) is 0.515. The van der Waals surface area contributed by atoms with Gasteiger partial charge in [-0.2, -0.15) is 0 Å². The van der Waals surface area contributed by atoms with E-state index in [9.17, 15) is 28.2 Å². The summed E-state index contributed by atoms with van der Waals surface area (Å²) in [4.78, 5) is 22.6. The first kappa shape index (κ1) is 18.4. The fourth-order valence-corrected chi connectivity index (χ4v) is 4.10. The second-order valence-corrected chi connectivity index (χ2v) is 7.65. The Hall–Kier alpha value is -3.39. The molecule has 1 aromatic heterocycles. The van der Waals surface area contributed by atoms with Gasteiger partial charge in [-0.3, -0.25) is 4.79 Å². The van der Waals surface area contributed by atoms with Crippen LogP contribution in [0.15, 0.2) is 65.7 Å². The summed E-state index contributed by atoms with van der Waals surface area (Å²) in [6.45, 7) is 1.23. The van der Waals surface area contributed by atoms with E-state index in [4.69, 9.17) is 0 Å². The lowest BCUT2D eigenvalue weighted by Crippen LogP contribution is -2.11. The average molecular weight is 385 g/mol.